The predicted molar refractivity (Wildman–Crippen MR) is 87.3 cm³/mol. The van der Waals surface area contributed by atoms with Gasteiger partial charge < -0.3 is 9.73 Å². The van der Waals surface area contributed by atoms with E-state index in [9.17, 15) is 26.4 Å². The van der Waals surface area contributed by atoms with E-state index in [1.54, 1.807) is 17.4 Å². The van der Waals surface area contributed by atoms with Crippen molar-refractivity contribution in [3.63, 3.8) is 0 Å². The summed E-state index contributed by atoms with van der Waals surface area (Å²) in [6.07, 6.45) is -0.847. The number of hydrogen-bond acceptors (Lipinski definition) is 4. The Hall–Kier alpha value is -2.59. The molecule has 1 aromatic heterocycles. The molecule has 0 saturated carbocycles. The Kier molecular flexibility index (Phi) is 6.22. The van der Waals surface area contributed by atoms with E-state index in [1.807, 2.05) is 0 Å². The van der Waals surface area contributed by atoms with Crippen molar-refractivity contribution in [1.82, 2.24) is 10.0 Å². The second-order valence-electron chi connectivity index (χ2n) is 5.14. The quantitative estimate of drug-likeness (QED) is 0.713. The van der Waals surface area contributed by atoms with E-state index in [1.165, 1.54) is 36.6 Å². The summed E-state index contributed by atoms with van der Waals surface area (Å²) >= 11 is 0. The number of carbonyl (C=O) groups excluding carboxylic acids is 1. The van der Waals surface area contributed by atoms with Crippen LogP contribution in [0.2, 0.25) is 0 Å². The largest absolute Gasteiger partial charge is 0.468 e. The third kappa shape index (κ3) is 6.37. The maximum absolute atomic E-state index is 12.1. The topological polar surface area (TPSA) is 88.4 Å². The third-order valence-electron chi connectivity index (χ3n) is 3.10. The van der Waals surface area contributed by atoms with E-state index in [2.05, 4.69) is 4.72 Å². The Balaban J connectivity index is 1.94. The van der Waals surface area contributed by atoms with Gasteiger partial charge in [0.25, 0.3) is 0 Å². The molecule has 1 heterocycles. The SMILES string of the molecule is O=C(/C=C/c1ccc(S(=O)(=O)NCc2ccco2)cc1)NCC(F)(F)F. The van der Waals surface area contributed by atoms with Gasteiger partial charge in [-0.05, 0) is 35.9 Å². The highest BCUT2D eigenvalue weighted by Crippen LogP contribution is 2.13. The predicted octanol–water partition coefficient (Wildman–Crippen LogP) is 2.45. The first-order chi connectivity index (χ1) is 12.2. The van der Waals surface area contributed by atoms with Gasteiger partial charge in [-0.25, -0.2) is 13.1 Å². The molecule has 2 N–H and O–H groups in total. The van der Waals surface area contributed by atoms with Gasteiger partial charge in [-0.1, -0.05) is 12.1 Å². The van der Waals surface area contributed by atoms with Gasteiger partial charge in [0.05, 0.1) is 17.7 Å². The molecule has 140 valence electrons. The van der Waals surface area contributed by atoms with Crippen LogP contribution in [0, 0.1) is 0 Å². The molecular formula is C16H15F3N2O4S. The van der Waals surface area contributed by atoms with E-state index in [0.717, 1.165) is 6.08 Å². The molecule has 0 saturated heterocycles. The molecule has 0 bridgehead atoms. The molecule has 1 aromatic carbocycles. The Morgan fingerprint density at radius 1 is 1.15 bits per heavy atom. The Morgan fingerprint density at radius 2 is 1.85 bits per heavy atom. The minimum atomic E-state index is -4.48. The smallest absolute Gasteiger partial charge is 0.405 e. The monoisotopic (exact) mass is 388 g/mol. The zero-order valence-corrected chi connectivity index (χ0v) is 14.1. The van der Waals surface area contributed by atoms with Crippen LogP contribution in [0.25, 0.3) is 6.08 Å². The number of halogens is 3. The number of amides is 1. The molecule has 0 unspecified atom stereocenters. The van der Waals surface area contributed by atoms with Crippen LogP contribution >= 0.6 is 0 Å². The minimum absolute atomic E-state index is 0.00253. The molecule has 0 fully saturated rings. The summed E-state index contributed by atoms with van der Waals surface area (Å²) in [5.74, 6) is -0.447. The minimum Gasteiger partial charge on any atom is -0.468 e. The highest BCUT2D eigenvalue weighted by Gasteiger charge is 2.27. The van der Waals surface area contributed by atoms with E-state index in [-0.39, 0.29) is 11.4 Å². The number of sulfonamides is 1. The maximum atomic E-state index is 12.1. The second-order valence-corrected chi connectivity index (χ2v) is 6.91. The fourth-order valence-corrected chi connectivity index (χ4v) is 2.83. The summed E-state index contributed by atoms with van der Waals surface area (Å²) in [5.41, 5.74) is 0.456. The van der Waals surface area contributed by atoms with Crippen LogP contribution in [0.15, 0.2) is 58.1 Å². The number of carbonyl (C=O) groups is 1. The molecule has 0 aliphatic carbocycles. The van der Waals surface area contributed by atoms with Gasteiger partial charge in [0.15, 0.2) is 0 Å². The second kappa shape index (κ2) is 8.19. The van der Waals surface area contributed by atoms with E-state index in [4.69, 9.17) is 4.42 Å². The fraction of sp³-hybridized carbons (Fsp3) is 0.188. The first-order valence-corrected chi connectivity index (χ1v) is 8.79. The van der Waals surface area contributed by atoms with E-state index >= 15 is 0 Å². The van der Waals surface area contributed by atoms with Crippen molar-refractivity contribution in [1.29, 1.82) is 0 Å². The molecule has 0 spiro atoms. The molecule has 0 aliphatic rings. The molecule has 2 rings (SSSR count). The Labute approximate surface area is 147 Å². The Bertz CT molecular complexity index is 858. The average Bonchev–Trinajstić information content (AvgIpc) is 3.10. The molecule has 2 aromatic rings. The molecule has 10 heteroatoms. The number of alkyl halides is 3. The summed E-state index contributed by atoms with van der Waals surface area (Å²) in [4.78, 5) is 11.3. The lowest BCUT2D eigenvalue weighted by atomic mass is 10.2. The summed E-state index contributed by atoms with van der Waals surface area (Å²) < 4.78 is 67.6. The average molecular weight is 388 g/mol. The summed E-state index contributed by atoms with van der Waals surface area (Å²) in [6.45, 7) is -1.43. The molecular weight excluding hydrogens is 373 g/mol. The van der Waals surface area contributed by atoms with Gasteiger partial charge in [-0.3, -0.25) is 4.79 Å². The zero-order valence-electron chi connectivity index (χ0n) is 13.3. The number of benzene rings is 1. The van der Waals surface area contributed by atoms with Crippen LogP contribution < -0.4 is 10.0 Å². The van der Waals surface area contributed by atoms with Crippen molar-refractivity contribution in [2.24, 2.45) is 0 Å². The normalized spacial score (nSPS) is 12.4. The number of rotatable bonds is 7. The number of furan rings is 1. The summed E-state index contributed by atoms with van der Waals surface area (Å²) in [6, 6.07) is 8.75. The maximum Gasteiger partial charge on any atom is 0.405 e. The molecule has 0 radical (unpaired) electrons. The van der Waals surface area contributed by atoms with Gasteiger partial charge in [0.1, 0.15) is 12.3 Å². The van der Waals surface area contributed by atoms with Gasteiger partial charge in [-0.15, -0.1) is 0 Å². The lowest BCUT2D eigenvalue weighted by Gasteiger charge is -2.06. The summed E-state index contributed by atoms with van der Waals surface area (Å²) in [7, 11) is -3.75. The van der Waals surface area contributed by atoms with Crippen molar-refractivity contribution >= 4 is 22.0 Å². The van der Waals surface area contributed by atoms with Crippen molar-refractivity contribution in [3.05, 3.63) is 60.1 Å². The van der Waals surface area contributed by atoms with Gasteiger partial charge in [-0.2, -0.15) is 13.2 Å². The third-order valence-corrected chi connectivity index (χ3v) is 4.51. The van der Waals surface area contributed by atoms with Gasteiger partial charge in [0, 0.05) is 6.08 Å². The molecule has 0 atom stereocenters. The van der Waals surface area contributed by atoms with Gasteiger partial charge in [0.2, 0.25) is 15.9 Å². The highest BCUT2D eigenvalue weighted by atomic mass is 32.2. The molecule has 0 aliphatic heterocycles. The van der Waals surface area contributed by atoms with Crippen molar-refractivity contribution < 1.29 is 30.8 Å². The standard InChI is InChI=1S/C16H15F3N2O4S/c17-16(18,19)11-20-15(22)8-5-12-3-6-14(7-4-12)26(23,24)21-10-13-2-1-9-25-13/h1-9,21H,10-11H2,(H,20,22)/b8-5+. The van der Waals surface area contributed by atoms with E-state index in [0.29, 0.717) is 11.3 Å². The molecule has 6 nitrogen and oxygen atoms in total. The van der Waals surface area contributed by atoms with Gasteiger partial charge >= 0.3 is 6.18 Å². The number of hydrogen-bond donors (Lipinski definition) is 2. The van der Waals surface area contributed by atoms with Crippen LogP contribution in [0.5, 0.6) is 0 Å². The van der Waals surface area contributed by atoms with Crippen molar-refractivity contribution in [2.75, 3.05) is 6.54 Å². The number of nitrogens with one attached hydrogen (secondary N) is 2. The first-order valence-electron chi connectivity index (χ1n) is 7.30. The Morgan fingerprint density at radius 3 is 2.42 bits per heavy atom. The molecule has 26 heavy (non-hydrogen) atoms. The van der Waals surface area contributed by atoms with Crippen molar-refractivity contribution in [3.8, 4) is 0 Å². The highest BCUT2D eigenvalue weighted by molar-refractivity contribution is 7.89. The van der Waals surface area contributed by atoms with Crippen LogP contribution in [-0.4, -0.2) is 27.0 Å². The van der Waals surface area contributed by atoms with Crippen molar-refractivity contribution in [2.45, 2.75) is 17.6 Å². The van der Waals surface area contributed by atoms with Crippen LogP contribution in [0.1, 0.15) is 11.3 Å². The fourth-order valence-electron chi connectivity index (χ4n) is 1.84. The molecule has 1 amide bonds. The lowest BCUT2D eigenvalue weighted by molar-refractivity contribution is -0.135. The van der Waals surface area contributed by atoms with Crippen LogP contribution in [0.4, 0.5) is 13.2 Å². The summed E-state index contributed by atoms with van der Waals surface area (Å²) in [5, 5.41) is 1.69. The lowest BCUT2D eigenvalue weighted by Crippen LogP contribution is -2.32. The van der Waals surface area contributed by atoms with Crippen LogP contribution in [0.3, 0.4) is 0 Å². The first kappa shape index (κ1) is 19.7. The zero-order chi connectivity index (χ0) is 19.2. The van der Waals surface area contributed by atoms with Crippen LogP contribution in [-0.2, 0) is 21.4 Å². The van der Waals surface area contributed by atoms with E-state index < -0.39 is 28.7 Å².